The number of hydrogen-bond donors (Lipinski definition) is 2. The summed E-state index contributed by atoms with van der Waals surface area (Å²) in [5.74, 6) is -0.00367. The number of aryl methyl sites for hydroxylation is 1. The molecule has 4 aromatic rings. The first-order chi connectivity index (χ1) is 15.0. The minimum Gasteiger partial charge on any atom is -0.372 e. The molecule has 3 heterocycles. The Morgan fingerprint density at radius 2 is 2.00 bits per heavy atom. The molecular weight excluding hydrogens is 410 g/mol. The van der Waals surface area contributed by atoms with Gasteiger partial charge in [-0.2, -0.15) is 0 Å². The lowest BCUT2D eigenvalue weighted by atomic mass is 9.90. The van der Waals surface area contributed by atoms with Crippen molar-refractivity contribution in [3.63, 3.8) is 0 Å². The zero-order chi connectivity index (χ0) is 21.5. The number of benzene rings is 2. The fourth-order valence-electron chi connectivity index (χ4n) is 4.28. The van der Waals surface area contributed by atoms with E-state index in [4.69, 9.17) is 11.6 Å². The number of halogens is 1. The Hall–Kier alpha value is -3.51. The van der Waals surface area contributed by atoms with Gasteiger partial charge in [-0.15, -0.1) is 0 Å². The number of likely N-dealkylation sites (N-methyl/N-ethyl adjacent to an activating group) is 1. The number of pyridine rings is 1. The third kappa shape index (κ3) is 3.49. The lowest BCUT2D eigenvalue weighted by molar-refractivity contribution is 0.419. The van der Waals surface area contributed by atoms with Crippen LogP contribution in [-0.4, -0.2) is 33.2 Å². The van der Waals surface area contributed by atoms with Crippen LogP contribution in [0.3, 0.4) is 0 Å². The van der Waals surface area contributed by atoms with Gasteiger partial charge in [-0.25, -0.2) is 4.98 Å². The number of hydrogen-bond acceptors (Lipinski definition) is 4. The molecule has 7 heteroatoms. The summed E-state index contributed by atoms with van der Waals surface area (Å²) in [5, 5.41) is 4.92. The Morgan fingerprint density at radius 1 is 1.13 bits per heavy atom. The molecule has 0 fully saturated rings. The van der Waals surface area contributed by atoms with Crippen LogP contribution in [0.4, 0.5) is 0 Å². The number of aromatic nitrogens is 3. The van der Waals surface area contributed by atoms with Gasteiger partial charge < -0.3 is 19.8 Å². The molecule has 2 aromatic carbocycles. The molecule has 5 rings (SSSR count). The first-order valence-corrected chi connectivity index (χ1v) is 10.4. The van der Waals surface area contributed by atoms with Crippen molar-refractivity contribution in [3.05, 3.63) is 99.6 Å². The summed E-state index contributed by atoms with van der Waals surface area (Å²) in [7, 11) is 4.08. The molecule has 156 valence electrons. The normalized spacial score (nSPS) is 14.5. The number of fused-ring (bicyclic) bond motifs is 1. The molecule has 1 atom stereocenters. The van der Waals surface area contributed by atoms with Crippen molar-refractivity contribution in [3.8, 4) is 11.1 Å². The van der Waals surface area contributed by atoms with E-state index in [-0.39, 0.29) is 11.5 Å². The van der Waals surface area contributed by atoms with Crippen LogP contribution in [0.2, 0.25) is 5.02 Å². The second-order valence-electron chi connectivity index (χ2n) is 7.85. The SMILES string of the molecule is CN1CNC=C1C(c1ccc2[nH]c(=O)cc(-c3cccc(Cl)c3)c2c1)c1cncn1C. The van der Waals surface area contributed by atoms with E-state index < -0.39 is 0 Å². The minimum atomic E-state index is -0.138. The van der Waals surface area contributed by atoms with Gasteiger partial charge in [0.15, 0.2) is 0 Å². The van der Waals surface area contributed by atoms with Crippen molar-refractivity contribution in [2.24, 2.45) is 7.05 Å². The third-order valence-electron chi connectivity index (χ3n) is 5.80. The molecule has 0 radical (unpaired) electrons. The quantitative estimate of drug-likeness (QED) is 0.511. The van der Waals surface area contributed by atoms with Gasteiger partial charge in [0.1, 0.15) is 0 Å². The molecule has 6 nitrogen and oxygen atoms in total. The number of rotatable bonds is 4. The van der Waals surface area contributed by atoms with Crippen LogP contribution in [0.1, 0.15) is 17.2 Å². The van der Waals surface area contributed by atoms with Crippen LogP contribution in [0.25, 0.3) is 22.0 Å². The van der Waals surface area contributed by atoms with Crippen molar-refractivity contribution in [2.45, 2.75) is 5.92 Å². The number of aromatic amines is 1. The first-order valence-electron chi connectivity index (χ1n) is 10.0. The summed E-state index contributed by atoms with van der Waals surface area (Å²) >= 11 is 6.24. The summed E-state index contributed by atoms with van der Waals surface area (Å²) in [6, 6.07) is 15.4. The highest BCUT2D eigenvalue weighted by Gasteiger charge is 2.27. The van der Waals surface area contributed by atoms with Crippen LogP contribution in [-0.2, 0) is 7.05 Å². The van der Waals surface area contributed by atoms with E-state index in [2.05, 4.69) is 45.6 Å². The predicted octanol–water partition coefficient (Wildman–Crippen LogP) is 4.05. The van der Waals surface area contributed by atoms with E-state index in [9.17, 15) is 4.79 Å². The Bertz CT molecular complexity index is 1370. The summed E-state index contributed by atoms with van der Waals surface area (Å²) in [6.07, 6.45) is 5.79. The van der Waals surface area contributed by atoms with Crippen LogP contribution in [0.5, 0.6) is 0 Å². The van der Waals surface area contributed by atoms with E-state index in [1.807, 2.05) is 54.5 Å². The molecule has 1 aliphatic heterocycles. The molecule has 2 N–H and O–H groups in total. The topological polar surface area (TPSA) is 65.9 Å². The molecule has 0 spiro atoms. The Kier molecular flexibility index (Phi) is 4.79. The summed E-state index contributed by atoms with van der Waals surface area (Å²) in [4.78, 5) is 21.9. The van der Waals surface area contributed by atoms with Gasteiger partial charge in [0, 0.05) is 54.2 Å². The molecule has 0 saturated carbocycles. The second-order valence-corrected chi connectivity index (χ2v) is 8.29. The molecule has 31 heavy (non-hydrogen) atoms. The number of imidazole rings is 1. The van der Waals surface area contributed by atoms with Crippen molar-refractivity contribution >= 4 is 22.5 Å². The average Bonchev–Trinajstić information content (AvgIpc) is 3.36. The monoisotopic (exact) mass is 431 g/mol. The smallest absolute Gasteiger partial charge is 0.249 e. The Morgan fingerprint density at radius 3 is 2.71 bits per heavy atom. The third-order valence-corrected chi connectivity index (χ3v) is 6.04. The molecule has 0 amide bonds. The summed E-state index contributed by atoms with van der Waals surface area (Å²) in [5.41, 5.74) is 5.80. The zero-order valence-corrected chi connectivity index (χ0v) is 18.0. The lowest BCUT2D eigenvalue weighted by Gasteiger charge is -2.25. The van der Waals surface area contributed by atoms with E-state index in [1.54, 1.807) is 6.07 Å². The van der Waals surface area contributed by atoms with Gasteiger partial charge in [0.05, 0.1) is 24.6 Å². The van der Waals surface area contributed by atoms with Gasteiger partial charge in [0.2, 0.25) is 5.56 Å². The van der Waals surface area contributed by atoms with Gasteiger partial charge in [-0.1, -0.05) is 29.8 Å². The average molecular weight is 432 g/mol. The van der Waals surface area contributed by atoms with Crippen LogP contribution in [0.15, 0.2) is 77.7 Å². The standard InChI is InChI=1S/C24H22ClN5O/c1-29-13-26-11-21(29)24(22-12-27-14-30(22)2)16-6-7-20-19(9-16)18(10-23(31)28-20)15-4-3-5-17(25)8-15/h3-13,24,27H,14H2,1-2H3,(H,28,31). The molecule has 0 aliphatic carbocycles. The molecule has 0 bridgehead atoms. The van der Waals surface area contributed by atoms with E-state index in [0.29, 0.717) is 5.02 Å². The van der Waals surface area contributed by atoms with E-state index in [0.717, 1.165) is 45.7 Å². The van der Waals surface area contributed by atoms with Crippen LogP contribution < -0.4 is 10.9 Å². The summed E-state index contributed by atoms with van der Waals surface area (Å²) < 4.78 is 2.05. The lowest BCUT2D eigenvalue weighted by Crippen LogP contribution is -2.23. The molecule has 0 saturated heterocycles. The maximum absolute atomic E-state index is 12.3. The maximum atomic E-state index is 12.3. The number of nitrogens with one attached hydrogen (secondary N) is 2. The highest BCUT2D eigenvalue weighted by atomic mass is 35.5. The maximum Gasteiger partial charge on any atom is 0.249 e. The molecule has 2 aromatic heterocycles. The van der Waals surface area contributed by atoms with Crippen molar-refractivity contribution < 1.29 is 0 Å². The number of allylic oxidation sites excluding steroid dienone is 1. The Balaban J connectivity index is 1.74. The first kappa shape index (κ1) is 19.5. The highest BCUT2D eigenvalue weighted by Crippen LogP contribution is 2.37. The van der Waals surface area contributed by atoms with E-state index in [1.165, 1.54) is 0 Å². The molecular formula is C24H22ClN5O. The molecule has 1 aliphatic rings. The fourth-order valence-corrected chi connectivity index (χ4v) is 4.47. The van der Waals surface area contributed by atoms with Crippen molar-refractivity contribution in [1.82, 2.24) is 24.8 Å². The predicted molar refractivity (Wildman–Crippen MR) is 124 cm³/mol. The van der Waals surface area contributed by atoms with Crippen molar-refractivity contribution in [2.75, 3.05) is 13.7 Å². The molecule has 1 unspecified atom stereocenters. The number of H-pyrrole nitrogens is 1. The number of nitrogens with zero attached hydrogens (tertiary/aromatic N) is 3. The highest BCUT2D eigenvalue weighted by molar-refractivity contribution is 6.30. The van der Waals surface area contributed by atoms with Crippen molar-refractivity contribution in [1.29, 1.82) is 0 Å². The van der Waals surface area contributed by atoms with Gasteiger partial charge in [-0.05, 0) is 41.0 Å². The minimum absolute atomic E-state index is 0.00367. The largest absolute Gasteiger partial charge is 0.372 e. The van der Waals surface area contributed by atoms with Gasteiger partial charge in [-0.3, -0.25) is 4.79 Å². The van der Waals surface area contributed by atoms with Crippen LogP contribution >= 0.6 is 11.6 Å². The fraction of sp³-hybridized carbons (Fsp3) is 0.167. The van der Waals surface area contributed by atoms with E-state index >= 15 is 0 Å². The van der Waals surface area contributed by atoms with Gasteiger partial charge >= 0.3 is 0 Å². The zero-order valence-electron chi connectivity index (χ0n) is 17.3. The Labute approximate surface area is 184 Å². The second kappa shape index (κ2) is 7.63. The summed E-state index contributed by atoms with van der Waals surface area (Å²) in [6.45, 7) is 0.762. The van der Waals surface area contributed by atoms with Crippen LogP contribution in [0, 0.1) is 0 Å². The van der Waals surface area contributed by atoms with Gasteiger partial charge in [0.25, 0.3) is 0 Å².